The highest BCUT2D eigenvalue weighted by atomic mass is 32.1. The maximum absolute atomic E-state index is 14.1. The van der Waals surface area contributed by atoms with Crippen LogP contribution in [0.4, 0.5) is 4.39 Å². The van der Waals surface area contributed by atoms with E-state index in [0.717, 1.165) is 36.1 Å². The molecule has 2 amide bonds. The molecule has 0 bridgehead atoms. The van der Waals surface area contributed by atoms with E-state index in [0.29, 0.717) is 26.2 Å². The molecule has 182 valence electrons. The van der Waals surface area contributed by atoms with Crippen molar-refractivity contribution in [3.63, 3.8) is 0 Å². The fourth-order valence-electron chi connectivity index (χ4n) is 5.23. The van der Waals surface area contributed by atoms with E-state index in [1.165, 1.54) is 16.5 Å². The fraction of sp³-hybridized carbons (Fsp3) is 0.357. The summed E-state index contributed by atoms with van der Waals surface area (Å²) in [5.74, 6) is -0.165. The Kier molecular flexibility index (Phi) is 6.97. The molecular weight excluding hydrogens is 461 g/mol. The van der Waals surface area contributed by atoms with Crippen molar-refractivity contribution >= 4 is 23.2 Å². The van der Waals surface area contributed by atoms with Crippen molar-refractivity contribution in [2.75, 3.05) is 39.3 Å². The third kappa shape index (κ3) is 5.02. The zero-order chi connectivity index (χ0) is 24.4. The molecule has 1 atom stereocenters. The number of halogens is 1. The van der Waals surface area contributed by atoms with Gasteiger partial charge in [0.2, 0.25) is 5.91 Å². The van der Waals surface area contributed by atoms with Crippen LogP contribution in [0.2, 0.25) is 0 Å². The van der Waals surface area contributed by atoms with Gasteiger partial charge in [-0.25, -0.2) is 4.39 Å². The van der Waals surface area contributed by atoms with Gasteiger partial charge in [-0.15, -0.1) is 11.3 Å². The third-order valence-electron chi connectivity index (χ3n) is 7.08. The monoisotopic (exact) mass is 491 g/mol. The van der Waals surface area contributed by atoms with Crippen LogP contribution < -0.4 is 0 Å². The minimum absolute atomic E-state index is 0.0320. The largest absolute Gasteiger partial charge is 0.340 e. The first-order chi connectivity index (χ1) is 17.0. The van der Waals surface area contributed by atoms with Crippen molar-refractivity contribution in [2.24, 2.45) is 0 Å². The summed E-state index contributed by atoms with van der Waals surface area (Å²) in [6.45, 7) is 5.32. The number of thiophene rings is 1. The summed E-state index contributed by atoms with van der Waals surface area (Å²) in [6.07, 6.45) is 1.65. The molecule has 0 spiro atoms. The SMILES string of the molecule is Cc1ccccc1C(=O)N1CCCN(C(=O)CN2CCc3sccc3C2c2cccc(F)c2)CC1. The van der Waals surface area contributed by atoms with Gasteiger partial charge in [0, 0.05) is 43.2 Å². The molecule has 1 unspecified atom stereocenters. The Morgan fingerprint density at radius 2 is 1.77 bits per heavy atom. The molecule has 2 aliphatic rings. The number of amides is 2. The Morgan fingerprint density at radius 3 is 2.60 bits per heavy atom. The van der Waals surface area contributed by atoms with Gasteiger partial charge in [-0.3, -0.25) is 14.5 Å². The van der Waals surface area contributed by atoms with E-state index in [1.54, 1.807) is 23.5 Å². The van der Waals surface area contributed by atoms with Crippen molar-refractivity contribution in [3.8, 4) is 0 Å². The molecule has 5 nitrogen and oxygen atoms in total. The Morgan fingerprint density at radius 1 is 0.971 bits per heavy atom. The minimum atomic E-state index is -0.262. The fourth-order valence-corrected chi connectivity index (χ4v) is 6.14. The first-order valence-electron chi connectivity index (χ1n) is 12.2. The number of nitrogens with zero attached hydrogens (tertiary/aromatic N) is 3. The lowest BCUT2D eigenvalue weighted by Crippen LogP contribution is -2.45. The Bertz CT molecular complexity index is 1230. The molecule has 3 aromatic rings. The summed E-state index contributed by atoms with van der Waals surface area (Å²) in [6, 6.07) is 16.3. The second-order valence-corrected chi connectivity index (χ2v) is 10.3. The van der Waals surface area contributed by atoms with Crippen molar-refractivity contribution in [3.05, 3.63) is 92.9 Å². The van der Waals surface area contributed by atoms with Crippen molar-refractivity contribution in [1.29, 1.82) is 0 Å². The highest BCUT2D eigenvalue weighted by molar-refractivity contribution is 7.10. The van der Waals surface area contributed by atoms with E-state index in [-0.39, 0.29) is 30.2 Å². The molecule has 0 radical (unpaired) electrons. The summed E-state index contributed by atoms with van der Waals surface area (Å²) in [4.78, 5) is 33.7. The zero-order valence-corrected chi connectivity index (χ0v) is 20.8. The molecule has 3 heterocycles. The van der Waals surface area contributed by atoms with Gasteiger partial charge >= 0.3 is 0 Å². The standard InChI is InChI=1S/C28H30FN3O2S/c1-20-6-2-3-9-23(20)28(34)31-13-5-12-30(15-16-31)26(33)19-32-14-10-25-24(11-17-35-25)27(32)21-7-4-8-22(29)18-21/h2-4,6-9,11,17-18,27H,5,10,12-16,19H2,1H3. The molecule has 2 aliphatic heterocycles. The summed E-state index contributed by atoms with van der Waals surface area (Å²) in [5.41, 5.74) is 3.75. The number of benzene rings is 2. The van der Waals surface area contributed by atoms with Crippen molar-refractivity contribution in [1.82, 2.24) is 14.7 Å². The normalized spacial score (nSPS) is 18.7. The zero-order valence-electron chi connectivity index (χ0n) is 20.0. The number of aryl methyl sites for hydroxylation is 1. The van der Waals surface area contributed by atoms with Crippen LogP contribution in [-0.2, 0) is 11.2 Å². The lowest BCUT2D eigenvalue weighted by Gasteiger charge is -2.37. The van der Waals surface area contributed by atoms with E-state index < -0.39 is 0 Å². The number of fused-ring (bicyclic) bond motifs is 1. The third-order valence-corrected chi connectivity index (χ3v) is 8.08. The van der Waals surface area contributed by atoms with E-state index in [4.69, 9.17) is 0 Å². The molecular formula is C28H30FN3O2S. The summed E-state index contributed by atoms with van der Waals surface area (Å²) in [7, 11) is 0. The van der Waals surface area contributed by atoms with E-state index >= 15 is 0 Å². The Labute approximate surface area is 209 Å². The predicted molar refractivity (Wildman–Crippen MR) is 136 cm³/mol. The van der Waals surface area contributed by atoms with Gasteiger partial charge in [-0.1, -0.05) is 30.3 Å². The molecule has 1 saturated heterocycles. The van der Waals surface area contributed by atoms with Crippen LogP contribution in [0.1, 0.15) is 44.4 Å². The lowest BCUT2D eigenvalue weighted by atomic mass is 9.93. The molecule has 0 aliphatic carbocycles. The van der Waals surface area contributed by atoms with Crippen LogP contribution in [0.25, 0.3) is 0 Å². The van der Waals surface area contributed by atoms with Gasteiger partial charge in [0.15, 0.2) is 0 Å². The summed E-state index contributed by atoms with van der Waals surface area (Å²) >= 11 is 1.73. The van der Waals surface area contributed by atoms with Crippen LogP contribution in [0, 0.1) is 12.7 Å². The second-order valence-electron chi connectivity index (χ2n) is 9.32. The molecule has 1 aromatic heterocycles. The van der Waals surface area contributed by atoms with Crippen LogP contribution in [0.5, 0.6) is 0 Å². The van der Waals surface area contributed by atoms with Crippen molar-refractivity contribution < 1.29 is 14.0 Å². The minimum Gasteiger partial charge on any atom is -0.340 e. The van der Waals surface area contributed by atoms with Gasteiger partial charge in [0.05, 0.1) is 12.6 Å². The number of hydrogen-bond acceptors (Lipinski definition) is 4. The predicted octanol–water partition coefficient (Wildman–Crippen LogP) is 4.52. The van der Waals surface area contributed by atoms with Crippen molar-refractivity contribution in [2.45, 2.75) is 25.8 Å². The molecule has 0 saturated carbocycles. The van der Waals surface area contributed by atoms with Crippen LogP contribution >= 0.6 is 11.3 Å². The van der Waals surface area contributed by atoms with Gasteiger partial charge in [-0.05, 0) is 66.1 Å². The van der Waals surface area contributed by atoms with Crippen LogP contribution in [-0.4, -0.2) is 65.8 Å². The Balaban J connectivity index is 1.28. The molecule has 35 heavy (non-hydrogen) atoms. The molecule has 0 N–H and O–H groups in total. The first-order valence-corrected chi connectivity index (χ1v) is 13.1. The highest BCUT2D eigenvalue weighted by Gasteiger charge is 2.32. The number of carbonyl (C=O) groups is 2. The van der Waals surface area contributed by atoms with Gasteiger partial charge < -0.3 is 9.80 Å². The van der Waals surface area contributed by atoms with E-state index in [9.17, 15) is 14.0 Å². The maximum atomic E-state index is 14.1. The quantitative estimate of drug-likeness (QED) is 0.539. The number of hydrogen-bond donors (Lipinski definition) is 0. The molecule has 2 aromatic carbocycles. The lowest BCUT2D eigenvalue weighted by molar-refractivity contribution is -0.132. The maximum Gasteiger partial charge on any atom is 0.254 e. The van der Waals surface area contributed by atoms with Gasteiger partial charge in [0.25, 0.3) is 5.91 Å². The van der Waals surface area contributed by atoms with E-state index in [1.807, 2.05) is 47.1 Å². The average molecular weight is 492 g/mol. The number of carbonyl (C=O) groups excluding carboxylic acids is 2. The average Bonchev–Trinajstić information content (AvgIpc) is 3.19. The van der Waals surface area contributed by atoms with Gasteiger partial charge in [-0.2, -0.15) is 0 Å². The molecule has 1 fully saturated rings. The molecule has 7 heteroatoms. The topological polar surface area (TPSA) is 43.9 Å². The summed E-state index contributed by atoms with van der Waals surface area (Å²) in [5, 5.41) is 2.08. The van der Waals surface area contributed by atoms with Crippen LogP contribution in [0.15, 0.2) is 60.0 Å². The first kappa shape index (κ1) is 23.7. The van der Waals surface area contributed by atoms with Gasteiger partial charge in [0.1, 0.15) is 5.82 Å². The highest BCUT2D eigenvalue weighted by Crippen LogP contribution is 2.37. The summed E-state index contributed by atoms with van der Waals surface area (Å²) < 4.78 is 14.1. The smallest absolute Gasteiger partial charge is 0.254 e. The van der Waals surface area contributed by atoms with E-state index in [2.05, 4.69) is 16.3 Å². The second kappa shape index (κ2) is 10.3. The Hall–Kier alpha value is -3.03. The van der Waals surface area contributed by atoms with Crippen LogP contribution in [0.3, 0.4) is 0 Å². The molecule has 5 rings (SSSR count). The number of rotatable bonds is 4.